The largest absolute Gasteiger partial charge is 0.352 e. The lowest BCUT2D eigenvalue weighted by molar-refractivity contribution is -0.123. The van der Waals surface area contributed by atoms with Crippen molar-refractivity contribution in [2.75, 3.05) is 13.1 Å². The average molecular weight is 295 g/mol. The Morgan fingerprint density at radius 3 is 2.60 bits per heavy atom. The molecule has 0 bridgehead atoms. The highest BCUT2D eigenvalue weighted by Gasteiger charge is 2.28. The van der Waals surface area contributed by atoms with Gasteiger partial charge in [0.1, 0.15) is 6.04 Å². The Labute approximate surface area is 125 Å². The molecule has 0 saturated carbocycles. The molecule has 1 saturated heterocycles. The predicted molar refractivity (Wildman–Crippen MR) is 83.7 cm³/mol. The number of nitrogens with zero attached hydrogens (tertiary/aromatic N) is 1. The van der Waals surface area contributed by atoms with Crippen molar-refractivity contribution in [3.63, 3.8) is 0 Å². The van der Waals surface area contributed by atoms with Crippen molar-refractivity contribution in [3.05, 3.63) is 22.4 Å². The van der Waals surface area contributed by atoms with Crippen LogP contribution in [0.2, 0.25) is 0 Å². The maximum Gasteiger partial charge on any atom is 0.242 e. The summed E-state index contributed by atoms with van der Waals surface area (Å²) in [5.74, 6) is -0.0540. The lowest BCUT2D eigenvalue weighted by atomic mass is 9.98. The van der Waals surface area contributed by atoms with E-state index in [2.05, 4.69) is 31.0 Å². The smallest absolute Gasteiger partial charge is 0.242 e. The molecular weight excluding hydrogens is 270 g/mol. The summed E-state index contributed by atoms with van der Waals surface area (Å²) in [7, 11) is 0. The number of nitrogens with one attached hydrogen (secondary N) is 1. The summed E-state index contributed by atoms with van der Waals surface area (Å²) in [4.78, 5) is 15.5. The second-order valence-electron chi connectivity index (χ2n) is 6.43. The molecule has 0 aliphatic carbocycles. The summed E-state index contributed by atoms with van der Waals surface area (Å²) in [5, 5.41) is 5.04. The maximum atomic E-state index is 12.1. The normalized spacial score (nSPS) is 19.8. The Morgan fingerprint density at radius 2 is 2.10 bits per heavy atom. The third-order valence-electron chi connectivity index (χ3n) is 3.92. The van der Waals surface area contributed by atoms with Crippen LogP contribution in [0.1, 0.15) is 44.5 Å². The Balaban J connectivity index is 1.82. The van der Waals surface area contributed by atoms with Crippen LogP contribution in [-0.2, 0) is 4.79 Å². The molecule has 1 aliphatic heterocycles. The zero-order valence-electron chi connectivity index (χ0n) is 12.6. The minimum atomic E-state index is -0.532. The molecule has 1 unspecified atom stereocenters. The molecule has 112 valence electrons. The highest BCUT2D eigenvalue weighted by Crippen LogP contribution is 2.21. The van der Waals surface area contributed by atoms with Crippen LogP contribution in [0.15, 0.2) is 17.5 Å². The highest BCUT2D eigenvalue weighted by molar-refractivity contribution is 7.10. The van der Waals surface area contributed by atoms with Gasteiger partial charge in [-0.3, -0.25) is 9.69 Å². The van der Waals surface area contributed by atoms with E-state index in [9.17, 15) is 4.79 Å². The quantitative estimate of drug-likeness (QED) is 0.898. The minimum absolute atomic E-state index is 0.0540. The fourth-order valence-electron chi connectivity index (χ4n) is 2.58. The van der Waals surface area contributed by atoms with E-state index in [1.165, 1.54) is 11.3 Å². The molecule has 2 rings (SSSR count). The summed E-state index contributed by atoms with van der Waals surface area (Å²) < 4.78 is 0. The molecule has 0 spiro atoms. The van der Waals surface area contributed by atoms with Crippen LogP contribution in [-0.4, -0.2) is 35.5 Å². The van der Waals surface area contributed by atoms with Gasteiger partial charge in [-0.25, -0.2) is 0 Å². The molecule has 1 aliphatic rings. The summed E-state index contributed by atoms with van der Waals surface area (Å²) in [6.45, 7) is 8.77. The van der Waals surface area contributed by atoms with Gasteiger partial charge in [-0.2, -0.15) is 0 Å². The Hall–Kier alpha value is -0.910. The van der Waals surface area contributed by atoms with Crippen molar-refractivity contribution in [1.29, 1.82) is 0 Å². The first-order valence-electron chi connectivity index (χ1n) is 7.22. The Morgan fingerprint density at radius 1 is 1.45 bits per heavy atom. The van der Waals surface area contributed by atoms with E-state index in [1.807, 2.05) is 17.5 Å². The van der Waals surface area contributed by atoms with Gasteiger partial charge in [0.15, 0.2) is 0 Å². The first kappa shape index (κ1) is 15.5. The summed E-state index contributed by atoms with van der Waals surface area (Å²) in [6, 6.07) is 3.56. The number of hydrogen-bond acceptors (Lipinski definition) is 4. The van der Waals surface area contributed by atoms with Crippen LogP contribution in [0, 0.1) is 0 Å². The number of carbonyl (C=O) groups excluding carboxylic acids is 1. The number of hydrogen-bond donors (Lipinski definition) is 2. The third kappa shape index (κ3) is 3.81. The van der Waals surface area contributed by atoms with E-state index in [1.54, 1.807) is 0 Å². The van der Waals surface area contributed by atoms with E-state index < -0.39 is 6.04 Å². The summed E-state index contributed by atoms with van der Waals surface area (Å²) in [6.07, 6.45) is 2.00. The van der Waals surface area contributed by atoms with E-state index in [-0.39, 0.29) is 17.5 Å². The van der Waals surface area contributed by atoms with E-state index in [4.69, 9.17) is 5.73 Å². The molecule has 4 nitrogen and oxygen atoms in total. The number of carbonyl (C=O) groups is 1. The van der Waals surface area contributed by atoms with Gasteiger partial charge in [-0.1, -0.05) is 6.07 Å². The van der Waals surface area contributed by atoms with Gasteiger partial charge in [0.05, 0.1) is 0 Å². The lowest BCUT2D eigenvalue weighted by Crippen LogP contribution is -2.51. The summed E-state index contributed by atoms with van der Waals surface area (Å²) in [5.41, 5.74) is 6.20. The number of piperidine rings is 1. The van der Waals surface area contributed by atoms with Crippen molar-refractivity contribution in [3.8, 4) is 0 Å². The molecule has 20 heavy (non-hydrogen) atoms. The molecule has 3 N–H and O–H groups in total. The van der Waals surface area contributed by atoms with Gasteiger partial charge >= 0.3 is 0 Å². The molecule has 1 aromatic heterocycles. The van der Waals surface area contributed by atoms with Gasteiger partial charge in [0.25, 0.3) is 0 Å². The van der Waals surface area contributed by atoms with Crippen LogP contribution < -0.4 is 11.1 Å². The van der Waals surface area contributed by atoms with Crippen molar-refractivity contribution < 1.29 is 4.79 Å². The average Bonchev–Trinajstić information content (AvgIpc) is 2.91. The van der Waals surface area contributed by atoms with Crippen LogP contribution in [0.4, 0.5) is 0 Å². The van der Waals surface area contributed by atoms with Gasteiger partial charge in [-0.05, 0) is 45.1 Å². The topological polar surface area (TPSA) is 58.4 Å². The minimum Gasteiger partial charge on any atom is -0.352 e. The van der Waals surface area contributed by atoms with Crippen LogP contribution >= 0.6 is 11.3 Å². The third-order valence-corrected chi connectivity index (χ3v) is 4.88. The number of nitrogens with two attached hydrogens (primary N) is 1. The van der Waals surface area contributed by atoms with Crippen LogP contribution in [0.3, 0.4) is 0 Å². The van der Waals surface area contributed by atoms with E-state index >= 15 is 0 Å². The van der Waals surface area contributed by atoms with Gasteiger partial charge in [-0.15, -0.1) is 11.3 Å². The SMILES string of the molecule is CC(C)(C)N1CCC(NC(=O)C(N)c2cccs2)CC1. The van der Waals surface area contributed by atoms with Crippen molar-refractivity contribution in [2.45, 2.75) is 51.2 Å². The van der Waals surface area contributed by atoms with Gasteiger partial charge in [0, 0.05) is 29.5 Å². The predicted octanol–water partition coefficient (Wildman–Crippen LogP) is 2.13. The van der Waals surface area contributed by atoms with Crippen molar-refractivity contribution >= 4 is 17.2 Å². The first-order valence-corrected chi connectivity index (χ1v) is 8.10. The fraction of sp³-hybridized carbons (Fsp3) is 0.667. The number of rotatable bonds is 3. The monoisotopic (exact) mass is 295 g/mol. The molecule has 1 amide bonds. The molecule has 2 heterocycles. The number of amides is 1. The second-order valence-corrected chi connectivity index (χ2v) is 7.41. The van der Waals surface area contributed by atoms with Crippen LogP contribution in [0.25, 0.3) is 0 Å². The molecular formula is C15H25N3OS. The fourth-order valence-corrected chi connectivity index (χ4v) is 3.31. The lowest BCUT2D eigenvalue weighted by Gasteiger charge is -2.41. The Kier molecular flexibility index (Phi) is 4.83. The standard InChI is InChI=1S/C15H25N3OS/c1-15(2,3)18-8-6-11(7-9-18)17-14(19)13(16)12-5-4-10-20-12/h4-5,10-11,13H,6-9,16H2,1-3H3,(H,17,19). The van der Waals surface area contributed by atoms with Crippen molar-refractivity contribution in [2.24, 2.45) is 5.73 Å². The van der Waals surface area contributed by atoms with Gasteiger partial charge < -0.3 is 11.1 Å². The summed E-state index contributed by atoms with van der Waals surface area (Å²) >= 11 is 1.53. The Bertz CT molecular complexity index is 430. The molecule has 5 heteroatoms. The highest BCUT2D eigenvalue weighted by atomic mass is 32.1. The van der Waals surface area contributed by atoms with Gasteiger partial charge in [0.2, 0.25) is 5.91 Å². The molecule has 0 radical (unpaired) electrons. The zero-order valence-corrected chi connectivity index (χ0v) is 13.4. The molecule has 1 aromatic rings. The molecule has 1 fully saturated rings. The van der Waals surface area contributed by atoms with E-state index in [0.717, 1.165) is 30.8 Å². The van der Waals surface area contributed by atoms with E-state index in [0.29, 0.717) is 0 Å². The maximum absolute atomic E-state index is 12.1. The zero-order chi connectivity index (χ0) is 14.8. The molecule has 1 atom stereocenters. The first-order chi connectivity index (χ1) is 9.38. The molecule has 0 aromatic carbocycles. The number of thiophene rings is 1. The second kappa shape index (κ2) is 6.24. The number of likely N-dealkylation sites (tertiary alicyclic amines) is 1. The van der Waals surface area contributed by atoms with Crippen LogP contribution in [0.5, 0.6) is 0 Å². The van der Waals surface area contributed by atoms with Crippen molar-refractivity contribution in [1.82, 2.24) is 10.2 Å².